The van der Waals surface area contributed by atoms with E-state index in [4.69, 9.17) is 0 Å². The highest BCUT2D eigenvalue weighted by Crippen LogP contribution is 2.32. The number of thioether (sulfide) groups is 1. The van der Waals surface area contributed by atoms with Crippen molar-refractivity contribution in [1.29, 1.82) is 0 Å². The summed E-state index contributed by atoms with van der Waals surface area (Å²) in [6.45, 7) is 7.46. The molecule has 0 unspecified atom stereocenters. The zero-order chi connectivity index (χ0) is 15.9. The van der Waals surface area contributed by atoms with Crippen LogP contribution in [-0.2, 0) is 0 Å². The molecule has 0 radical (unpaired) electrons. The highest BCUT2D eigenvalue weighted by molar-refractivity contribution is 8.00. The fourth-order valence-corrected chi connectivity index (χ4v) is 2.78. The molecule has 0 spiro atoms. The van der Waals surface area contributed by atoms with E-state index in [0.29, 0.717) is 19.0 Å². The summed E-state index contributed by atoms with van der Waals surface area (Å²) in [6.07, 6.45) is 5.27. The molecule has 1 heterocycles. The van der Waals surface area contributed by atoms with Gasteiger partial charge in [0.2, 0.25) is 11.8 Å². The van der Waals surface area contributed by atoms with Gasteiger partial charge in [0, 0.05) is 17.8 Å². The third-order valence-electron chi connectivity index (χ3n) is 3.60. The second kappa shape index (κ2) is 8.02. The molecule has 0 aliphatic carbocycles. The minimum absolute atomic E-state index is 0.0527. The normalized spacial score (nSPS) is 11.2. The van der Waals surface area contributed by atoms with E-state index >= 15 is 0 Å². The highest BCUT2D eigenvalue weighted by Gasteiger charge is 2.26. The van der Waals surface area contributed by atoms with Gasteiger partial charge in [0.1, 0.15) is 6.20 Å². The van der Waals surface area contributed by atoms with Crippen LogP contribution in [0.15, 0.2) is 6.20 Å². The van der Waals surface area contributed by atoms with E-state index in [9.17, 15) is 10.1 Å². The first kappa shape index (κ1) is 17.5. The number of anilines is 2. The fraction of sp³-hybridized carbons (Fsp3) is 0.692. The molecule has 0 fully saturated rings. The fourth-order valence-electron chi connectivity index (χ4n) is 1.99. The predicted molar refractivity (Wildman–Crippen MR) is 88.2 cm³/mol. The lowest BCUT2D eigenvalue weighted by atomic mass is 10.0. The predicted octanol–water partition coefficient (Wildman–Crippen LogP) is 3.15. The lowest BCUT2D eigenvalue weighted by molar-refractivity contribution is -0.384. The van der Waals surface area contributed by atoms with E-state index < -0.39 is 4.92 Å². The average Bonchev–Trinajstić information content (AvgIpc) is 2.49. The number of rotatable bonds is 9. The van der Waals surface area contributed by atoms with Gasteiger partial charge in [0.25, 0.3) is 0 Å². The van der Waals surface area contributed by atoms with Gasteiger partial charge in [0.15, 0.2) is 0 Å². The summed E-state index contributed by atoms with van der Waals surface area (Å²) in [4.78, 5) is 18.8. The molecule has 0 saturated heterocycles. The van der Waals surface area contributed by atoms with Gasteiger partial charge in [0.05, 0.1) is 4.92 Å². The van der Waals surface area contributed by atoms with Crippen LogP contribution in [0.2, 0.25) is 0 Å². The van der Waals surface area contributed by atoms with E-state index in [1.165, 1.54) is 6.20 Å². The highest BCUT2D eigenvalue weighted by atomic mass is 32.2. The average molecular weight is 313 g/mol. The second-order valence-corrected chi connectivity index (χ2v) is 5.94. The maximum absolute atomic E-state index is 11.1. The van der Waals surface area contributed by atoms with Gasteiger partial charge in [-0.2, -0.15) is 16.7 Å². The first-order valence-electron chi connectivity index (χ1n) is 7.06. The Morgan fingerprint density at radius 1 is 1.33 bits per heavy atom. The molecular weight excluding hydrogens is 290 g/mol. The molecule has 7 nitrogen and oxygen atoms in total. The Hall–Kier alpha value is -1.57. The van der Waals surface area contributed by atoms with Crippen molar-refractivity contribution in [2.24, 2.45) is 0 Å². The summed E-state index contributed by atoms with van der Waals surface area (Å²) in [5.74, 6) is 0.666. The van der Waals surface area contributed by atoms with Crippen molar-refractivity contribution in [2.75, 3.05) is 30.0 Å². The van der Waals surface area contributed by atoms with Gasteiger partial charge >= 0.3 is 5.69 Å². The summed E-state index contributed by atoms with van der Waals surface area (Å²) in [5.41, 5.74) is -0.0983. The molecule has 0 bridgehead atoms. The Morgan fingerprint density at radius 3 is 2.48 bits per heavy atom. The van der Waals surface area contributed by atoms with Gasteiger partial charge in [-0.3, -0.25) is 10.1 Å². The summed E-state index contributed by atoms with van der Waals surface area (Å²) in [6, 6.07) is 0. The third kappa shape index (κ3) is 4.45. The molecule has 0 amide bonds. The minimum atomic E-state index is -0.462. The van der Waals surface area contributed by atoms with Crippen LogP contribution < -0.4 is 10.6 Å². The largest absolute Gasteiger partial charge is 0.363 e. The molecule has 8 heteroatoms. The molecular formula is C13H23N5O2S. The smallest absolute Gasteiger partial charge is 0.329 e. The van der Waals surface area contributed by atoms with Gasteiger partial charge in [-0.25, -0.2) is 4.98 Å². The number of hydrogen-bond donors (Lipinski definition) is 2. The molecule has 118 valence electrons. The number of hydrogen-bond acceptors (Lipinski definition) is 7. The van der Waals surface area contributed by atoms with E-state index in [0.717, 1.165) is 12.8 Å². The van der Waals surface area contributed by atoms with Crippen molar-refractivity contribution in [3.8, 4) is 0 Å². The van der Waals surface area contributed by atoms with Crippen LogP contribution in [0, 0.1) is 10.1 Å². The van der Waals surface area contributed by atoms with Gasteiger partial charge in [-0.05, 0) is 26.0 Å². The number of aromatic nitrogens is 2. The van der Waals surface area contributed by atoms with Crippen LogP contribution in [0.4, 0.5) is 17.5 Å². The van der Waals surface area contributed by atoms with Crippen molar-refractivity contribution < 1.29 is 4.92 Å². The molecule has 0 aliphatic heterocycles. The number of nitrogens with zero attached hydrogens (tertiary/aromatic N) is 3. The molecule has 0 atom stereocenters. The second-order valence-electron chi connectivity index (χ2n) is 4.66. The lowest BCUT2D eigenvalue weighted by Gasteiger charge is -2.29. The van der Waals surface area contributed by atoms with E-state index in [1.54, 1.807) is 11.8 Å². The van der Waals surface area contributed by atoms with E-state index in [2.05, 4.69) is 40.7 Å². The topological polar surface area (TPSA) is 93.0 Å². The summed E-state index contributed by atoms with van der Waals surface area (Å²) in [7, 11) is 0. The minimum Gasteiger partial charge on any atom is -0.363 e. The quantitative estimate of drug-likeness (QED) is 0.534. The third-order valence-corrected chi connectivity index (χ3v) is 5.19. The molecule has 1 aromatic heterocycles. The summed E-state index contributed by atoms with van der Waals surface area (Å²) < 4.78 is 0.0527. The molecule has 21 heavy (non-hydrogen) atoms. The number of nitrogens with one attached hydrogen (secondary N) is 2. The first-order valence-corrected chi connectivity index (χ1v) is 8.28. The van der Waals surface area contributed by atoms with Gasteiger partial charge in [-0.15, -0.1) is 0 Å². The van der Waals surface area contributed by atoms with Crippen LogP contribution in [0.25, 0.3) is 0 Å². The zero-order valence-corrected chi connectivity index (χ0v) is 13.8. The monoisotopic (exact) mass is 313 g/mol. The Balaban J connectivity index is 2.98. The zero-order valence-electron chi connectivity index (χ0n) is 13.0. The lowest BCUT2D eigenvalue weighted by Crippen LogP contribution is -2.32. The van der Waals surface area contributed by atoms with Crippen LogP contribution in [0.3, 0.4) is 0 Å². The van der Waals surface area contributed by atoms with Crippen molar-refractivity contribution in [2.45, 2.75) is 38.4 Å². The molecule has 0 aromatic carbocycles. The summed E-state index contributed by atoms with van der Waals surface area (Å²) >= 11 is 1.77. The Labute approximate surface area is 129 Å². The van der Waals surface area contributed by atoms with Crippen molar-refractivity contribution >= 4 is 29.2 Å². The maximum Gasteiger partial charge on any atom is 0.329 e. The Morgan fingerprint density at radius 2 is 2.00 bits per heavy atom. The molecule has 1 aromatic rings. The molecule has 2 N–H and O–H groups in total. The number of nitro groups is 1. The standard InChI is InChI=1S/C13H23N5O2S/c1-5-13(6-2,21-4)9-16-11-10(18(19)20)8-15-12(17-11)14-7-3/h8H,5-7,9H2,1-4H3,(H2,14,15,16,17). The first-order chi connectivity index (χ1) is 10.0. The Kier molecular flexibility index (Phi) is 6.67. The molecule has 0 aliphatic rings. The van der Waals surface area contributed by atoms with Crippen molar-refractivity contribution in [3.63, 3.8) is 0 Å². The van der Waals surface area contributed by atoms with Gasteiger partial charge < -0.3 is 10.6 Å². The van der Waals surface area contributed by atoms with E-state index in [1.807, 2.05) is 6.92 Å². The van der Waals surface area contributed by atoms with E-state index in [-0.39, 0.29) is 16.3 Å². The summed E-state index contributed by atoms with van der Waals surface area (Å²) in [5, 5.41) is 17.2. The van der Waals surface area contributed by atoms with Crippen LogP contribution in [0.1, 0.15) is 33.6 Å². The van der Waals surface area contributed by atoms with Crippen LogP contribution in [-0.4, -0.2) is 39.0 Å². The SMILES string of the molecule is CCNc1ncc([N+](=O)[O-])c(NCC(CC)(CC)SC)n1. The maximum atomic E-state index is 11.1. The van der Waals surface area contributed by atoms with Crippen molar-refractivity contribution in [1.82, 2.24) is 9.97 Å². The van der Waals surface area contributed by atoms with Crippen LogP contribution >= 0.6 is 11.8 Å². The van der Waals surface area contributed by atoms with Gasteiger partial charge in [-0.1, -0.05) is 13.8 Å². The molecule has 1 rings (SSSR count). The van der Waals surface area contributed by atoms with Crippen LogP contribution in [0.5, 0.6) is 0 Å². The molecule has 0 saturated carbocycles. The Bertz CT molecular complexity index is 471. The van der Waals surface area contributed by atoms with Crippen molar-refractivity contribution in [3.05, 3.63) is 16.3 Å².